The number of halogens is 1. The first-order valence-electron chi connectivity index (χ1n) is 10.8. The molecule has 9 nitrogen and oxygen atoms in total. The number of nitrogens with one attached hydrogen (secondary N) is 3. The highest BCUT2D eigenvalue weighted by Gasteiger charge is 2.23. The summed E-state index contributed by atoms with van der Waals surface area (Å²) in [6.45, 7) is 2.42. The second-order valence-electron chi connectivity index (χ2n) is 7.51. The van der Waals surface area contributed by atoms with Crippen molar-refractivity contribution in [2.45, 2.75) is 70.4 Å². The van der Waals surface area contributed by atoms with Crippen LogP contribution in [0.5, 0.6) is 0 Å². The molecule has 1 aromatic carbocycles. The summed E-state index contributed by atoms with van der Waals surface area (Å²) in [5, 5.41) is 26.1. The van der Waals surface area contributed by atoms with Gasteiger partial charge in [-0.15, -0.1) is 0 Å². The van der Waals surface area contributed by atoms with Crippen LogP contribution in [0, 0.1) is 3.57 Å². The molecule has 0 saturated heterocycles. The number of carboxylic acid groups (broad SMARTS) is 2. The Labute approximate surface area is 201 Å². The van der Waals surface area contributed by atoms with Crippen molar-refractivity contribution in [1.29, 1.82) is 0 Å². The minimum Gasteiger partial charge on any atom is -0.480 e. The molecule has 32 heavy (non-hydrogen) atoms. The number of aliphatic carboxylic acids is 2. The van der Waals surface area contributed by atoms with Gasteiger partial charge in [0.2, 0.25) is 0 Å². The standard InChI is InChI=1S/C22H32IN3O6/c1-2-3-4-5-8-17(20(28)29)25-22(32)26-18(21(30)31)9-6-7-14-24-19(27)15-10-12-16(23)13-11-15/h10-13,17-18H,2-9,14H2,1H3,(H,24,27)(H,28,29)(H,30,31)(H2,25,26,32)/t17-,18-/m0/s1. The van der Waals surface area contributed by atoms with Crippen LogP contribution in [0.2, 0.25) is 0 Å². The Hall–Kier alpha value is -2.37. The number of hydrogen-bond acceptors (Lipinski definition) is 4. The SMILES string of the molecule is CCCCCC[C@H](NC(=O)N[C@@H](CCCCNC(=O)c1ccc(I)cc1)C(=O)O)C(=O)O. The van der Waals surface area contributed by atoms with Gasteiger partial charge in [-0.2, -0.15) is 0 Å². The maximum Gasteiger partial charge on any atom is 0.326 e. The largest absolute Gasteiger partial charge is 0.480 e. The van der Waals surface area contributed by atoms with E-state index in [0.717, 1.165) is 22.8 Å². The zero-order chi connectivity index (χ0) is 23.9. The van der Waals surface area contributed by atoms with Gasteiger partial charge >= 0.3 is 18.0 Å². The third-order valence-electron chi connectivity index (χ3n) is 4.86. The van der Waals surface area contributed by atoms with Crippen LogP contribution in [-0.4, -0.2) is 52.7 Å². The van der Waals surface area contributed by atoms with E-state index in [2.05, 4.69) is 38.5 Å². The predicted molar refractivity (Wildman–Crippen MR) is 129 cm³/mol. The normalized spacial score (nSPS) is 12.4. The molecule has 178 valence electrons. The summed E-state index contributed by atoms with van der Waals surface area (Å²) in [5.74, 6) is -2.54. The summed E-state index contributed by atoms with van der Waals surface area (Å²) in [6.07, 6.45) is 5.01. The van der Waals surface area contributed by atoms with Gasteiger partial charge in [0.05, 0.1) is 0 Å². The van der Waals surface area contributed by atoms with E-state index in [0.29, 0.717) is 37.8 Å². The number of carbonyl (C=O) groups is 4. The van der Waals surface area contributed by atoms with Crippen molar-refractivity contribution in [2.75, 3.05) is 6.54 Å². The molecule has 0 bridgehead atoms. The number of benzene rings is 1. The average molecular weight is 561 g/mol. The van der Waals surface area contributed by atoms with Crippen molar-refractivity contribution >= 4 is 46.5 Å². The fraction of sp³-hybridized carbons (Fsp3) is 0.545. The van der Waals surface area contributed by atoms with Gasteiger partial charge in [-0.05, 0) is 72.5 Å². The van der Waals surface area contributed by atoms with Crippen LogP contribution in [0.4, 0.5) is 4.79 Å². The van der Waals surface area contributed by atoms with E-state index < -0.39 is 30.1 Å². The van der Waals surface area contributed by atoms with Gasteiger partial charge in [-0.25, -0.2) is 14.4 Å². The third kappa shape index (κ3) is 11.3. The van der Waals surface area contributed by atoms with E-state index in [9.17, 15) is 29.4 Å². The maximum absolute atomic E-state index is 12.1. The van der Waals surface area contributed by atoms with Crippen molar-refractivity contribution in [3.63, 3.8) is 0 Å². The van der Waals surface area contributed by atoms with Gasteiger partial charge in [0.1, 0.15) is 12.1 Å². The Morgan fingerprint density at radius 3 is 1.88 bits per heavy atom. The van der Waals surface area contributed by atoms with Gasteiger partial charge < -0.3 is 26.2 Å². The van der Waals surface area contributed by atoms with E-state index in [-0.39, 0.29) is 12.3 Å². The van der Waals surface area contributed by atoms with Crippen LogP contribution in [-0.2, 0) is 9.59 Å². The Morgan fingerprint density at radius 1 is 0.844 bits per heavy atom. The van der Waals surface area contributed by atoms with E-state index >= 15 is 0 Å². The molecule has 5 N–H and O–H groups in total. The fourth-order valence-corrected chi connectivity index (χ4v) is 3.39. The Balaban J connectivity index is 2.38. The monoisotopic (exact) mass is 561 g/mol. The van der Waals surface area contributed by atoms with Crippen molar-refractivity contribution in [3.05, 3.63) is 33.4 Å². The number of rotatable bonds is 15. The average Bonchev–Trinajstić information content (AvgIpc) is 2.74. The molecule has 0 heterocycles. The topological polar surface area (TPSA) is 145 Å². The zero-order valence-electron chi connectivity index (χ0n) is 18.2. The summed E-state index contributed by atoms with van der Waals surface area (Å²) >= 11 is 2.15. The van der Waals surface area contributed by atoms with Crippen molar-refractivity contribution in [2.24, 2.45) is 0 Å². The molecular weight excluding hydrogens is 529 g/mol. The van der Waals surface area contributed by atoms with E-state index in [1.807, 2.05) is 19.1 Å². The molecule has 0 saturated carbocycles. The summed E-state index contributed by atoms with van der Waals surface area (Å²) < 4.78 is 1.03. The summed E-state index contributed by atoms with van der Waals surface area (Å²) in [7, 11) is 0. The molecule has 0 unspecified atom stereocenters. The second kappa shape index (κ2) is 15.4. The van der Waals surface area contributed by atoms with Gasteiger partial charge in [-0.3, -0.25) is 4.79 Å². The fourth-order valence-electron chi connectivity index (χ4n) is 3.03. The lowest BCUT2D eigenvalue weighted by Crippen LogP contribution is -2.51. The lowest BCUT2D eigenvalue weighted by Gasteiger charge is -2.18. The van der Waals surface area contributed by atoms with Crippen LogP contribution >= 0.6 is 22.6 Å². The first-order valence-corrected chi connectivity index (χ1v) is 11.9. The highest BCUT2D eigenvalue weighted by atomic mass is 127. The molecule has 1 rings (SSSR count). The van der Waals surface area contributed by atoms with Crippen molar-refractivity contribution < 1.29 is 29.4 Å². The molecule has 2 atom stereocenters. The van der Waals surface area contributed by atoms with Gasteiger partial charge in [0.15, 0.2) is 0 Å². The molecule has 0 aliphatic rings. The first-order chi connectivity index (χ1) is 15.2. The highest BCUT2D eigenvalue weighted by molar-refractivity contribution is 14.1. The number of urea groups is 1. The van der Waals surface area contributed by atoms with Gasteiger partial charge in [0, 0.05) is 15.7 Å². The quantitative estimate of drug-likeness (QED) is 0.164. The number of unbranched alkanes of at least 4 members (excludes halogenated alkanes) is 4. The van der Waals surface area contributed by atoms with E-state index in [1.165, 1.54) is 0 Å². The molecule has 0 fully saturated rings. The van der Waals surface area contributed by atoms with Crippen LogP contribution in [0.25, 0.3) is 0 Å². The molecule has 1 aromatic rings. The van der Waals surface area contributed by atoms with Crippen molar-refractivity contribution in [1.82, 2.24) is 16.0 Å². The molecule has 0 aliphatic carbocycles. The van der Waals surface area contributed by atoms with Crippen LogP contribution in [0.15, 0.2) is 24.3 Å². The predicted octanol–water partition coefficient (Wildman–Crippen LogP) is 3.37. The molecule has 3 amide bonds. The Morgan fingerprint density at radius 2 is 1.38 bits per heavy atom. The number of carbonyl (C=O) groups excluding carboxylic acids is 2. The minimum atomic E-state index is -1.20. The summed E-state index contributed by atoms with van der Waals surface area (Å²) in [5.41, 5.74) is 0.551. The van der Waals surface area contributed by atoms with Crippen LogP contribution in [0.1, 0.15) is 68.6 Å². The Kier molecular flexibility index (Phi) is 13.3. The lowest BCUT2D eigenvalue weighted by molar-refractivity contribution is -0.139. The smallest absolute Gasteiger partial charge is 0.326 e. The lowest BCUT2D eigenvalue weighted by atomic mass is 10.1. The maximum atomic E-state index is 12.1. The third-order valence-corrected chi connectivity index (χ3v) is 5.58. The minimum absolute atomic E-state index is 0.163. The first kappa shape index (κ1) is 27.7. The number of amides is 3. The zero-order valence-corrected chi connectivity index (χ0v) is 20.4. The number of carboxylic acids is 2. The molecule has 0 aromatic heterocycles. The molecule has 0 aliphatic heterocycles. The van der Waals surface area contributed by atoms with Crippen molar-refractivity contribution in [3.8, 4) is 0 Å². The molecule has 10 heteroatoms. The second-order valence-corrected chi connectivity index (χ2v) is 8.75. The number of hydrogen-bond donors (Lipinski definition) is 5. The molecular formula is C22H32IN3O6. The van der Waals surface area contributed by atoms with E-state index in [1.54, 1.807) is 12.1 Å². The van der Waals surface area contributed by atoms with Crippen LogP contribution in [0.3, 0.4) is 0 Å². The van der Waals surface area contributed by atoms with E-state index in [4.69, 9.17) is 0 Å². The van der Waals surface area contributed by atoms with Gasteiger partial charge in [-0.1, -0.05) is 32.6 Å². The molecule has 0 radical (unpaired) electrons. The highest BCUT2D eigenvalue weighted by Crippen LogP contribution is 2.08. The summed E-state index contributed by atoms with van der Waals surface area (Å²) in [4.78, 5) is 47.0. The Bertz CT molecular complexity index is 757. The molecule has 0 spiro atoms. The van der Waals surface area contributed by atoms with Gasteiger partial charge in [0.25, 0.3) is 5.91 Å². The summed E-state index contributed by atoms with van der Waals surface area (Å²) in [6, 6.07) is 4.12. The van der Waals surface area contributed by atoms with Crippen LogP contribution < -0.4 is 16.0 Å².